The molecule has 0 spiro atoms. The van der Waals surface area contributed by atoms with Gasteiger partial charge in [0.1, 0.15) is 10.4 Å². The van der Waals surface area contributed by atoms with Crippen LogP contribution in [0.2, 0.25) is 0 Å². The normalized spacial score (nSPS) is 16.2. The van der Waals surface area contributed by atoms with Gasteiger partial charge in [-0.05, 0) is 41.6 Å². The molecule has 0 aliphatic heterocycles. The molecule has 1 aliphatic rings. The Bertz CT molecular complexity index is 309. The first-order valence-corrected chi connectivity index (χ1v) is 5.54. The number of rotatable bonds is 2. The van der Waals surface area contributed by atoms with E-state index in [1.807, 2.05) is 0 Å². The smallest absolute Gasteiger partial charge is 0.129 e. The van der Waals surface area contributed by atoms with Gasteiger partial charge in [-0.3, -0.25) is 0 Å². The monoisotopic (exact) mass is 240 g/mol. The van der Waals surface area contributed by atoms with E-state index in [2.05, 4.69) is 39.7 Å². The van der Waals surface area contributed by atoms with Crippen LogP contribution in [0.25, 0.3) is 0 Å². The van der Waals surface area contributed by atoms with E-state index in [0.29, 0.717) is 0 Å². The second kappa shape index (κ2) is 3.37. The highest BCUT2D eigenvalue weighted by Crippen LogP contribution is 2.43. The minimum absolute atomic E-state index is 0.722. The minimum Gasteiger partial charge on any atom is -0.238 e. The lowest BCUT2D eigenvalue weighted by Crippen LogP contribution is -2.01. The predicted molar refractivity (Wildman–Crippen MR) is 55.8 cm³/mol. The molecule has 0 N–H and O–H groups in total. The van der Waals surface area contributed by atoms with Gasteiger partial charge in [-0.2, -0.15) is 0 Å². The molecule has 0 saturated heterocycles. The highest BCUT2D eigenvalue weighted by atomic mass is 79.9. The third-order valence-electron chi connectivity index (χ3n) is 2.44. The molecule has 0 bridgehead atoms. The maximum atomic E-state index is 4.47. The van der Waals surface area contributed by atoms with Crippen LogP contribution in [-0.4, -0.2) is 9.97 Å². The molecule has 70 valence electrons. The average Bonchev–Trinajstić information content (AvgIpc) is 2.87. The Balaban J connectivity index is 2.44. The van der Waals surface area contributed by atoms with Crippen LogP contribution in [-0.2, 0) is 6.42 Å². The minimum atomic E-state index is 0.722. The molecular formula is C10H13BrN2. The zero-order valence-electron chi connectivity index (χ0n) is 7.97. The van der Waals surface area contributed by atoms with Crippen molar-refractivity contribution in [3.8, 4) is 0 Å². The number of aryl methyl sites for hydroxylation is 2. The molecule has 2 nitrogen and oxygen atoms in total. The van der Waals surface area contributed by atoms with Crippen molar-refractivity contribution >= 4 is 15.9 Å². The zero-order chi connectivity index (χ0) is 9.42. The summed E-state index contributed by atoms with van der Waals surface area (Å²) in [5.41, 5.74) is 2.48. The van der Waals surface area contributed by atoms with E-state index in [-0.39, 0.29) is 0 Å². The Kier molecular flexibility index (Phi) is 2.37. The Hall–Kier alpha value is -0.440. The number of halogens is 1. The number of nitrogens with zero attached hydrogens (tertiary/aromatic N) is 2. The van der Waals surface area contributed by atoms with Crippen molar-refractivity contribution in [1.82, 2.24) is 9.97 Å². The number of hydrogen-bond donors (Lipinski definition) is 0. The van der Waals surface area contributed by atoms with Gasteiger partial charge in [-0.25, -0.2) is 9.97 Å². The van der Waals surface area contributed by atoms with Crippen molar-refractivity contribution < 1.29 is 0 Å². The summed E-state index contributed by atoms with van der Waals surface area (Å²) in [5.74, 6) is 1.66. The summed E-state index contributed by atoms with van der Waals surface area (Å²) < 4.78 is 1.01. The van der Waals surface area contributed by atoms with Crippen LogP contribution >= 0.6 is 15.9 Å². The van der Waals surface area contributed by atoms with Gasteiger partial charge in [0.25, 0.3) is 0 Å². The van der Waals surface area contributed by atoms with Crippen LogP contribution in [0.15, 0.2) is 4.60 Å². The van der Waals surface area contributed by atoms with Gasteiger partial charge in [-0.1, -0.05) is 6.92 Å². The van der Waals surface area contributed by atoms with Crippen LogP contribution in [0, 0.1) is 6.92 Å². The summed E-state index contributed by atoms with van der Waals surface area (Å²) in [6, 6.07) is 0. The lowest BCUT2D eigenvalue weighted by molar-refractivity contribution is 0.868. The van der Waals surface area contributed by atoms with Crippen molar-refractivity contribution in [3.05, 3.63) is 21.7 Å². The van der Waals surface area contributed by atoms with E-state index in [4.69, 9.17) is 0 Å². The van der Waals surface area contributed by atoms with E-state index in [1.165, 1.54) is 18.4 Å². The molecule has 1 heterocycles. The third kappa shape index (κ3) is 1.75. The van der Waals surface area contributed by atoms with Crippen molar-refractivity contribution in [3.63, 3.8) is 0 Å². The van der Waals surface area contributed by atoms with Crippen LogP contribution in [0.5, 0.6) is 0 Å². The Labute approximate surface area is 86.9 Å². The number of hydrogen-bond acceptors (Lipinski definition) is 2. The van der Waals surface area contributed by atoms with E-state index < -0.39 is 0 Å². The molecule has 2 rings (SSSR count). The molecule has 0 radical (unpaired) electrons. The van der Waals surface area contributed by atoms with Gasteiger partial charge in [-0.15, -0.1) is 0 Å². The second-order valence-corrected chi connectivity index (χ2v) is 4.31. The molecular weight excluding hydrogens is 228 g/mol. The quantitative estimate of drug-likeness (QED) is 0.744. The molecule has 3 heteroatoms. The molecule has 1 fully saturated rings. The summed E-state index contributed by atoms with van der Waals surface area (Å²) in [7, 11) is 0. The fourth-order valence-electron chi connectivity index (χ4n) is 1.60. The van der Waals surface area contributed by atoms with Crippen LogP contribution in [0.3, 0.4) is 0 Å². The first kappa shape index (κ1) is 9.13. The van der Waals surface area contributed by atoms with Gasteiger partial charge < -0.3 is 0 Å². The highest BCUT2D eigenvalue weighted by molar-refractivity contribution is 9.10. The van der Waals surface area contributed by atoms with Gasteiger partial charge in [0.05, 0.1) is 0 Å². The summed E-state index contributed by atoms with van der Waals surface area (Å²) in [6.45, 7) is 4.16. The standard InChI is InChI=1S/C10H13BrN2/c1-3-8-12-6(2)9(7-4-5-7)10(11)13-8/h7H,3-5H2,1-2H3. The van der Waals surface area contributed by atoms with Crippen molar-refractivity contribution in [1.29, 1.82) is 0 Å². The molecule has 0 atom stereocenters. The molecule has 1 aliphatic carbocycles. The topological polar surface area (TPSA) is 25.8 Å². The van der Waals surface area contributed by atoms with Crippen molar-refractivity contribution in [2.75, 3.05) is 0 Å². The second-order valence-electron chi connectivity index (χ2n) is 3.56. The predicted octanol–water partition coefficient (Wildman–Crippen LogP) is 2.99. The summed E-state index contributed by atoms with van der Waals surface area (Å²) in [4.78, 5) is 8.89. The lowest BCUT2D eigenvalue weighted by atomic mass is 10.1. The molecule has 1 saturated carbocycles. The largest absolute Gasteiger partial charge is 0.238 e. The molecule has 1 aromatic rings. The van der Waals surface area contributed by atoms with Crippen LogP contribution < -0.4 is 0 Å². The molecule has 1 aromatic heterocycles. The average molecular weight is 241 g/mol. The fraction of sp³-hybridized carbons (Fsp3) is 0.600. The van der Waals surface area contributed by atoms with E-state index in [9.17, 15) is 0 Å². The molecule has 0 amide bonds. The Morgan fingerprint density at radius 3 is 2.54 bits per heavy atom. The van der Waals surface area contributed by atoms with E-state index >= 15 is 0 Å². The number of aromatic nitrogens is 2. The first-order valence-electron chi connectivity index (χ1n) is 4.75. The summed E-state index contributed by atoms with van der Waals surface area (Å²) in [6.07, 6.45) is 3.51. The molecule has 13 heavy (non-hydrogen) atoms. The van der Waals surface area contributed by atoms with Crippen molar-refractivity contribution in [2.45, 2.75) is 39.0 Å². The van der Waals surface area contributed by atoms with Gasteiger partial charge in [0.2, 0.25) is 0 Å². The Morgan fingerprint density at radius 1 is 1.38 bits per heavy atom. The summed E-state index contributed by atoms with van der Waals surface area (Å²) >= 11 is 3.53. The SMILES string of the molecule is CCc1nc(C)c(C2CC2)c(Br)n1. The zero-order valence-corrected chi connectivity index (χ0v) is 9.56. The maximum absolute atomic E-state index is 4.47. The Morgan fingerprint density at radius 2 is 2.08 bits per heavy atom. The highest BCUT2D eigenvalue weighted by Gasteiger charge is 2.28. The van der Waals surface area contributed by atoms with Gasteiger partial charge >= 0.3 is 0 Å². The van der Waals surface area contributed by atoms with Crippen molar-refractivity contribution in [2.24, 2.45) is 0 Å². The molecule has 0 unspecified atom stereocenters. The maximum Gasteiger partial charge on any atom is 0.129 e. The van der Waals surface area contributed by atoms with E-state index in [1.54, 1.807) is 0 Å². The van der Waals surface area contributed by atoms with Crippen LogP contribution in [0.1, 0.15) is 42.8 Å². The lowest BCUT2D eigenvalue weighted by Gasteiger charge is -2.07. The first-order chi connectivity index (χ1) is 6.22. The fourth-order valence-corrected chi connectivity index (χ4v) is 2.41. The van der Waals surface area contributed by atoms with Crippen LogP contribution in [0.4, 0.5) is 0 Å². The van der Waals surface area contributed by atoms with Gasteiger partial charge in [0, 0.05) is 17.7 Å². The molecule has 0 aromatic carbocycles. The van der Waals surface area contributed by atoms with E-state index in [0.717, 1.165) is 28.5 Å². The third-order valence-corrected chi connectivity index (χ3v) is 3.04. The van der Waals surface area contributed by atoms with Gasteiger partial charge in [0.15, 0.2) is 0 Å². The summed E-state index contributed by atoms with van der Waals surface area (Å²) in [5, 5.41) is 0.